The van der Waals surface area contributed by atoms with E-state index in [2.05, 4.69) is 0 Å². The Labute approximate surface area is 114 Å². The molecule has 0 aliphatic heterocycles. The number of rotatable bonds is 3. The molecule has 2 heterocycles. The van der Waals surface area contributed by atoms with E-state index in [4.69, 9.17) is 10.2 Å². The zero-order chi connectivity index (χ0) is 13.4. The largest absolute Gasteiger partial charge is 0.464 e. The van der Waals surface area contributed by atoms with Crippen molar-refractivity contribution in [1.82, 2.24) is 0 Å². The van der Waals surface area contributed by atoms with E-state index in [0.29, 0.717) is 0 Å². The van der Waals surface area contributed by atoms with Gasteiger partial charge in [0.15, 0.2) is 0 Å². The molecule has 1 atom stereocenters. The van der Waals surface area contributed by atoms with Crippen LogP contribution in [0.4, 0.5) is 4.39 Å². The molecule has 2 N–H and O–H groups in total. The lowest BCUT2D eigenvalue weighted by Crippen LogP contribution is -2.08. The standard InChI is InChI=1S/C15H14FNOS/c1-2-11-5-6-12(18-11)15(17)14-7-9-3-4-10(16)8-13(9)19-14/h3-8,15H,2,17H2,1H3. The van der Waals surface area contributed by atoms with Crippen molar-refractivity contribution in [3.63, 3.8) is 0 Å². The number of hydrogen-bond acceptors (Lipinski definition) is 3. The van der Waals surface area contributed by atoms with Crippen molar-refractivity contribution in [1.29, 1.82) is 0 Å². The van der Waals surface area contributed by atoms with E-state index in [1.165, 1.54) is 23.5 Å². The molecule has 19 heavy (non-hydrogen) atoms. The Morgan fingerprint density at radius 3 is 2.84 bits per heavy atom. The Bertz CT molecular complexity index is 716. The number of furan rings is 1. The highest BCUT2D eigenvalue weighted by Gasteiger charge is 2.16. The number of hydrogen-bond donors (Lipinski definition) is 1. The molecule has 0 saturated carbocycles. The normalized spacial score (nSPS) is 13.0. The lowest BCUT2D eigenvalue weighted by atomic mass is 10.2. The van der Waals surface area contributed by atoms with Crippen molar-refractivity contribution in [2.45, 2.75) is 19.4 Å². The summed E-state index contributed by atoms with van der Waals surface area (Å²) in [6.07, 6.45) is 0.852. The maximum atomic E-state index is 13.2. The number of benzene rings is 1. The molecule has 0 bridgehead atoms. The Balaban J connectivity index is 1.98. The van der Waals surface area contributed by atoms with Crippen molar-refractivity contribution >= 4 is 21.4 Å². The average Bonchev–Trinajstić information content (AvgIpc) is 3.03. The predicted molar refractivity (Wildman–Crippen MR) is 75.9 cm³/mol. The summed E-state index contributed by atoms with van der Waals surface area (Å²) < 4.78 is 19.8. The summed E-state index contributed by atoms with van der Waals surface area (Å²) in [6.45, 7) is 2.04. The van der Waals surface area contributed by atoms with E-state index >= 15 is 0 Å². The summed E-state index contributed by atoms with van der Waals surface area (Å²) in [5, 5.41) is 1.01. The van der Waals surface area contributed by atoms with Crippen molar-refractivity contribution in [3.05, 3.63) is 58.6 Å². The fourth-order valence-electron chi connectivity index (χ4n) is 2.07. The van der Waals surface area contributed by atoms with Crippen LogP contribution in [-0.4, -0.2) is 0 Å². The number of thiophene rings is 1. The second-order valence-corrected chi connectivity index (χ2v) is 5.58. The molecule has 2 aromatic heterocycles. The molecule has 2 nitrogen and oxygen atoms in total. The Morgan fingerprint density at radius 1 is 1.26 bits per heavy atom. The highest BCUT2D eigenvalue weighted by Crippen LogP contribution is 2.32. The van der Waals surface area contributed by atoms with E-state index in [9.17, 15) is 4.39 Å². The zero-order valence-corrected chi connectivity index (χ0v) is 11.3. The molecule has 0 saturated heterocycles. The number of nitrogens with two attached hydrogens (primary N) is 1. The third-order valence-corrected chi connectivity index (χ3v) is 4.33. The van der Waals surface area contributed by atoms with Crippen molar-refractivity contribution in [2.75, 3.05) is 0 Å². The van der Waals surface area contributed by atoms with Gasteiger partial charge in [-0.15, -0.1) is 11.3 Å². The van der Waals surface area contributed by atoms with Crippen LogP contribution in [0.1, 0.15) is 29.4 Å². The predicted octanol–water partition coefficient (Wildman–Crippen LogP) is 4.24. The monoisotopic (exact) mass is 275 g/mol. The third-order valence-electron chi connectivity index (χ3n) is 3.15. The Hall–Kier alpha value is -1.65. The van der Waals surface area contributed by atoms with Gasteiger partial charge in [0.1, 0.15) is 17.3 Å². The van der Waals surface area contributed by atoms with E-state index in [-0.39, 0.29) is 11.9 Å². The molecule has 98 valence electrons. The number of halogens is 1. The zero-order valence-electron chi connectivity index (χ0n) is 10.5. The molecule has 3 aromatic rings. The van der Waals surface area contributed by atoms with Gasteiger partial charge in [-0.05, 0) is 35.7 Å². The molecule has 3 rings (SSSR count). The Morgan fingerprint density at radius 2 is 2.11 bits per heavy atom. The summed E-state index contributed by atoms with van der Waals surface area (Å²) >= 11 is 1.51. The molecular weight excluding hydrogens is 261 g/mol. The summed E-state index contributed by atoms with van der Waals surface area (Å²) in [6, 6.07) is 10.3. The SMILES string of the molecule is CCc1ccc(C(N)c2cc3ccc(F)cc3s2)o1. The van der Waals surface area contributed by atoms with Gasteiger partial charge in [-0.2, -0.15) is 0 Å². The van der Waals surface area contributed by atoms with Gasteiger partial charge in [-0.3, -0.25) is 0 Å². The average molecular weight is 275 g/mol. The summed E-state index contributed by atoms with van der Waals surface area (Å²) in [7, 11) is 0. The Kier molecular flexibility index (Phi) is 3.12. The molecule has 0 amide bonds. The second kappa shape index (κ2) is 4.79. The van der Waals surface area contributed by atoms with Gasteiger partial charge in [0.2, 0.25) is 0 Å². The molecule has 0 fully saturated rings. The van der Waals surface area contributed by atoms with Gasteiger partial charge >= 0.3 is 0 Å². The van der Waals surface area contributed by atoms with Crippen LogP contribution in [0.2, 0.25) is 0 Å². The fraction of sp³-hybridized carbons (Fsp3) is 0.200. The second-order valence-electron chi connectivity index (χ2n) is 4.47. The van der Waals surface area contributed by atoms with Crippen LogP contribution < -0.4 is 5.73 Å². The first-order valence-corrected chi connectivity index (χ1v) is 7.02. The first-order valence-electron chi connectivity index (χ1n) is 6.20. The van der Waals surface area contributed by atoms with Crippen LogP contribution >= 0.6 is 11.3 Å². The minimum absolute atomic E-state index is 0.222. The number of aryl methyl sites for hydroxylation is 1. The molecule has 1 unspecified atom stereocenters. The lowest BCUT2D eigenvalue weighted by Gasteiger charge is -2.05. The fourth-order valence-corrected chi connectivity index (χ4v) is 3.17. The molecule has 0 aliphatic rings. The van der Waals surface area contributed by atoms with Crippen LogP contribution in [0.25, 0.3) is 10.1 Å². The van der Waals surface area contributed by atoms with Crippen LogP contribution in [-0.2, 0) is 6.42 Å². The number of fused-ring (bicyclic) bond motifs is 1. The van der Waals surface area contributed by atoms with E-state index in [1.807, 2.05) is 25.1 Å². The molecule has 0 spiro atoms. The van der Waals surface area contributed by atoms with Crippen molar-refractivity contribution < 1.29 is 8.81 Å². The van der Waals surface area contributed by atoms with Gasteiger partial charge in [-0.1, -0.05) is 13.0 Å². The molecule has 4 heteroatoms. The summed E-state index contributed by atoms with van der Waals surface area (Å²) in [4.78, 5) is 0.984. The lowest BCUT2D eigenvalue weighted by molar-refractivity contribution is 0.455. The maximum Gasteiger partial charge on any atom is 0.126 e. The quantitative estimate of drug-likeness (QED) is 0.776. The van der Waals surface area contributed by atoms with Gasteiger partial charge < -0.3 is 10.2 Å². The summed E-state index contributed by atoms with van der Waals surface area (Å²) in [5.74, 6) is 1.46. The smallest absolute Gasteiger partial charge is 0.126 e. The van der Waals surface area contributed by atoms with Crippen LogP contribution in [0.15, 0.2) is 40.8 Å². The molecular formula is C15H14FNOS. The highest BCUT2D eigenvalue weighted by atomic mass is 32.1. The van der Waals surface area contributed by atoms with Gasteiger partial charge in [-0.25, -0.2) is 4.39 Å². The highest BCUT2D eigenvalue weighted by molar-refractivity contribution is 7.19. The topological polar surface area (TPSA) is 39.2 Å². The maximum absolute atomic E-state index is 13.2. The molecule has 1 aromatic carbocycles. The first-order chi connectivity index (χ1) is 9.17. The van der Waals surface area contributed by atoms with Crippen LogP contribution in [0.5, 0.6) is 0 Å². The minimum Gasteiger partial charge on any atom is -0.464 e. The van der Waals surface area contributed by atoms with Crippen LogP contribution in [0.3, 0.4) is 0 Å². The van der Waals surface area contributed by atoms with Gasteiger partial charge in [0.05, 0.1) is 6.04 Å². The van der Waals surface area contributed by atoms with Crippen molar-refractivity contribution in [2.24, 2.45) is 5.73 Å². The minimum atomic E-state index is -0.291. The van der Waals surface area contributed by atoms with E-state index in [0.717, 1.165) is 32.9 Å². The first kappa shape index (κ1) is 12.4. The third kappa shape index (κ3) is 2.29. The van der Waals surface area contributed by atoms with Crippen LogP contribution in [0, 0.1) is 5.82 Å². The summed E-state index contributed by atoms with van der Waals surface area (Å²) in [5.41, 5.74) is 6.21. The van der Waals surface area contributed by atoms with E-state index < -0.39 is 0 Å². The van der Waals surface area contributed by atoms with Gasteiger partial charge in [0.25, 0.3) is 0 Å². The molecule has 0 radical (unpaired) electrons. The molecule has 0 aliphatic carbocycles. The van der Waals surface area contributed by atoms with Gasteiger partial charge in [0, 0.05) is 16.0 Å². The van der Waals surface area contributed by atoms with Crippen molar-refractivity contribution in [3.8, 4) is 0 Å². The van der Waals surface area contributed by atoms with E-state index in [1.54, 1.807) is 6.07 Å².